The van der Waals surface area contributed by atoms with Gasteiger partial charge in [0.05, 0.1) is 7.11 Å². The Morgan fingerprint density at radius 3 is 2.73 bits per heavy atom. The Morgan fingerprint density at radius 2 is 2.27 bits per heavy atom. The van der Waals surface area contributed by atoms with Crippen LogP contribution in [0.15, 0.2) is 10.9 Å². The van der Waals surface area contributed by atoms with Crippen molar-refractivity contribution >= 4 is 0 Å². The number of hydrogen-bond donors (Lipinski definition) is 1. The van der Waals surface area contributed by atoms with Gasteiger partial charge >= 0.3 is 5.69 Å². The van der Waals surface area contributed by atoms with E-state index >= 15 is 0 Å². The van der Waals surface area contributed by atoms with Crippen LogP contribution in [0.25, 0.3) is 0 Å². The first-order valence-electron chi connectivity index (χ1n) is 4.96. The van der Waals surface area contributed by atoms with E-state index in [1.165, 1.54) is 7.11 Å². The lowest BCUT2D eigenvalue weighted by Gasteiger charge is -2.15. The van der Waals surface area contributed by atoms with Crippen LogP contribution in [0.4, 0.5) is 0 Å². The molecule has 15 heavy (non-hydrogen) atoms. The third-order valence-electron chi connectivity index (χ3n) is 2.14. The van der Waals surface area contributed by atoms with Crippen molar-refractivity contribution < 1.29 is 4.74 Å². The molecule has 0 saturated heterocycles. The molecular weight excluding hydrogens is 194 g/mol. The SMILES string of the molecule is COc1cc(CCN)n(C(C)C)c(=O)n1. The number of nitrogens with two attached hydrogens (primary N) is 1. The maximum Gasteiger partial charge on any atom is 0.351 e. The molecule has 2 N–H and O–H groups in total. The van der Waals surface area contributed by atoms with Crippen LogP contribution in [0.3, 0.4) is 0 Å². The lowest BCUT2D eigenvalue weighted by atomic mass is 10.2. The summed E-state index contributed by atoms with van der Waals surface area (Å²) >= 11 is 0. The fourth-order valence-corrected chi connectivity index (χ4v) is 1.51. The van der Waals surface area contributed by atoms with Gasteiger partial charge in [-0.3, -0.25) is 4.57 Å². The second-order valence-corrected chi connectivity index (χ2v) is 3.57. The van der Waals surface area contributed by atoms with Crippen LogP contribution in [0.1, 0.15) is 25.6 Å². The Labute approximate surface area is 88.9 Å². The largest absolute Gasteiger partial charge is 0.481 e. The van der Waals surface area contributed by atoms with Crippen molar-refractivity contribution in [2.24, 2.45) is 5.73 Å². The van der Waals surface area contributed by atoms with Gasteiger partial charge < -0.3 is 10.5 Å². The van der Waals surface area contributed by atoms with Crippen molar-refractivity contribution in [3.8, 4) is 5.88 Å². The Kier molecular flexibility index (Phi) is 3.85. The second-order valence-electron chi connectivity index (χ2n) is 3.57. The van der Waals surface area contributed by atoms with Crippen molar-refractivity contribution in [1.82, 2.24) is 9.55 Å². The van der Waals surface area contributed by atoms with Crippen LogP contribution in [-0.4, -0.2) is 23.2 Å². The molecule has 1 rings (SSSR count). The molecule has 5 nitrogen and oxygen atoms in total. The molecule has 0 fully saturated rings. The third-order valence-corrected chi connectivity index (χ3v) is 2.14. The number of rotatable bonds is 4. The summed E-state index contributed by atoms with van der Waals surface area (Å²) in [5.41, 5.74) is 6.08. The van der Waals surface area contributed by atoms with Gasteiger partial charge in [0, 0.05) is 24.2 Å². The van der Waals surface area contributed by atoms with E-state index in [9.17, 15) is 4.79 Å². The predicted molar refractivity (Wildman–Crippen MR) is 58.2 cm³/mol. The molecule has 1 aromatic rings. The van der Waals surface area contributed by atoms with Gasteiger partial charge in [-0.15, -0.1) is 0 Å². The molecule has 0 amide bonds. The van der Waals surface area contributed by atoms with Crippen LogP contribution in [0.5, 0.6) is 5.88 Å². The zero-order valence-electron chi connectivity index (χ0n) is 9.36. The number of ether oxygens (including phenoxy) is 1. The maximum atomic E-state index is 11.7. The zero-order chi connectivity index (χ0) is 11.4. The molecule has 0 unspecified atom stereocenters. The highest BCUT2D eigenvalue weighted by Gasteiger charge is 2.10. The maximum absolute atomic E-state index is 11.7. The average Bonchev–Trinajstić information content (AvgIpc) is 2.16. The van der Waals surface area contributed by atoms with E-state index in [1.807, 2.05) is 13.8 Å². The minimum Gasteiger partial charge on any atom is -0.481 e. The molecule has 0 aromatic carbocycles. The zero-order valence-corrected chi connectivity index (χ0v) is 9.36. The Bertz CT molecular complexity index is 385. The summed E-state index contributed by atoms with van der Waals surface area (Å²) in [6, 6.07) is 1.84. The number of aromatic nitrogens is 2. The number of hydrogen-bond acceptors (Lipinski definition) is 4. The molecule has 1 heterocycles. The van der Waals surface area contributed by atoms with Gasteiger partial charge in [-0.2, -0.15) is 4.98 Å². The lowest BCUT2D eigenvalue weighted by Crippen LogP contribution is -2.28. The molecule has 0 bridgehead atoms. The van der Waals surface area contributed by atoms with E-state index in [-0.39, 0.29) is 11.7 Å². The van der Waals surface area contributed by atoms with Crippen LogP contribution in [-0.2, 0) is 6.42 Å². The van der Waals surface area contributed by atoms with Gasteiger partial charge in [-0.05, 0) is 20.4 Å². The molecule has 84 valence electrons. The summed E-state index contributed by atoms with van der Waals surface area (Å²) in [6.07, 6.45) is 0.645. The minimum absolute atomic E-state index is 0.0810. The van der Waals surface area contributed by atoms with Crippen molar-refractivity contribution in [2.75, 3.05) is 13.7 Å². The topological polar surface area (TPSA) is 70.1 Å². The Morgan fingerprint density at radius 1 is 1.60 bits per heavy atom. The third kappa shape index (κ3) is 2.56. The standard InChI is InChI=1S/C10H17N3O2/c1-7(2)13-8(4-5-11)6-9(15-3)12-10(13)14/h6-7H,4-5,11H2,1-3H3. The fourth-order valence-electron chi connectivity index (χ4n) is 1.51. The number of nitrogens with zero attached hydrogens (tertiary/aromatic N) is 2. The smallest absolute Gasteiger partial charge is 0.351 e. The van der Waals surface area contributed by atoms with Gasteiger partial charge in [0.25, 0.3) is 0 Å². The van der Waals surface area contributed by atoms with E-state index < -0.39 is 0 Å². The van der Waals surface area contributed by atoms with Crippen molar-refractivity contribution in [3.63, 3.8) is 0 Å². The van der Waals surface area contributed by atoms with E-state index in [2.05, 4.69) is 4.98 Å². The van der Waals surface area contributed by atoms with E-state index in [4.69, 9.17) is 10.5 Å². The van der Waals surface area contributed by atoms with Crippen molar-refractivity contribution in [3.05, 3.63) is 22.2 Å². The molecule has 5 heteroatoms. The highest BCUT2D eigenvalue weighted by molar-refractivity contribution is 5.15. The molecule has 0 aliphatic carbocycles. The van der Waals surface area contributed by atoms with Crippen LogP contribution >= 0.6 is 0 Å². The highest BCUT2D eigenvalue weighted by Crippen LogP contribution is 2.11. The van der Waals surface area contributed by atoms with Crippen molar-refractivity contribution in [1.29, 1.82) is 0 Å². The lowest BCUT2D eigenvalue weighted by molar-refractivity contribution is 0.387. The monoisotopic (exact) mass is 211 g/mol. The van der Waals surface area contributed by atoms with Gasteiger partial charge in [-0.1, -0.05) is 0 Å². The van der Waals surface area contributed by atoms with E-state index in [0.717, 1.165) is 5.69 Å². The normalized spacial score (nSPS) is 10.7. The van der Waals surface area contributed by atoms with Gasteiger partial charge in [0.15, 0.2) is 0 Å². The first-order valence-corrected chi connectivity index (χ1v) is 4.96. The van der Waals surface area contributed by atoms with Gasteiger partial charge in [0.2, 0.25) is 5.88 Å². The van der Waals surface area contributed by atoms with Crippen molar-refractivity contribution in [2.45, 2.75) is 26.3 Å². The molecule has 0 aliphatic rings. The predicted octanol–water partition coefficient (Wildman–Crippen LogP) is 0.334. The number of methoxy groups -OCH3 is 1. The molecule has 0 spiro atoms. The van der Waals surface area contributed by atoms with Crippen LogP contribution < -0.4 is 16.2 Å². The quantitative estimate of drug-likeness (QED) is 0.779. The second kappa shape index (κ2) is 4.93. The summed E-state index contributed by atoms with van der Waals surface area (Å²) in [6.45, 7) is 4.38. The summed E-state index contributed by atoms with van der Waals surface area (Å²) in [7, 11) is 1.49. The molecule has 0 atom stereocenters. The highest BCUT2D eigenvalue weighted by atomic mass is 16.5. The first-order chi connectivity index (χ1) is 7.10. The molecule has 0 aliphatic heterocycles. The Hall–Kier alpha value is -1.36. The average molecular weight is 211 g/mol. The van der Waals surface area contributed by atoms with Crippen LogP contribution in [0, 0.1) is 0 Å². The molecule has 1 aromatic heterocycles. The fraction of sp³-hybridized carbons (Fsp3) is 0.600. The minimum atomic E-state index is -0.284. The van der Waals surface area contributed by atoms with Gasteiger partial charge in [-0.25, -0.2) is 4.79 Å². The summed E-state index contributed by atoms with van der Waals surface area (Å²) in [4.78, 5) is 15.5. The molecule has 0 saturated carbocycles. The summed E-state index contributed by atoms with van der Waals surface area (Å²) in [5.74, 6) is 0.348. The van der Waals surface area contributed by atoms with Gasteiger partial charge in [0.1, 0.15) is 0 Å². The van der Waals surface area contributed by atoms with E-state index in [0.29, 0.717) is 18.8 Å². The van der Waals surface area contributed by atoms with E-state index in [1.54, 1.807) is 10.6 Å². The molecule has 0 radical (unpaired) electrons. The Balaban J connectivity index is 3.29. The summed E-state index contributed by atoms with van der Waals surface area (Å²) in [5, 5.41) is 0. The first kappa shape index (κ1) is 11.7. The molecular formula is C10H17N3O2. The van der Waals surface area contributed by atoms with Crippen LogP contribution in [0.2, 0.25) is 0 Å². The summed E-state index contributed by atoms with van der Waals surface area (Å²) < 4.78 is 6.59.